The molecule has 4 nitrogen and oxygen atoms in total. The molecule has 2 N–H and O–H groups in total. The highest BCUT2D eigenvalue weighted by atomic mass is 79.9. The van der Waals surface area contributed by atoms with E-state index in [1.165, 1.54) is 7.11 Å². The number of benzene rings is 1. The zero-order valence-corrected chi connectivity index (χ0v) is 10.3. The van der Waals surface area contributed by atoms with Gasteiger partial charge in [0.25, 0.3) is 0 Å². The third kappa shape index (κ3) is 3.04. The second kappa shape index (κ2) is 5.98. The molecular weight excluding hydrogens is 276 g/mol. The van der Waals surface area contributed by atoms with Crippen LogP contribution in [0.2, 0.25) is 0 Å². The summed E-state index contributed by atoms with van der Waals surface area (Å²) in [5.41, 5.74) is 0.964. The lowest BCUT2D eigenvalue weighted by Crippen LogP contribution is -2.19. The van der Waals surface area contributed by atoms with Gasteiger partial charge in [-0.3, -0.25) is 0 Å². The van der Waals surface area contributed by atoms with Gasteiger partial charge in [0.05, 0.1) is 18.8 Å². The molecule has 0 saturated heterocycles. The summed E-state index contributed by atoms with van der Waals surface area (Å²) < 4.78 is 4.55. The summed E-state index contributed by atoms with van der Waals surface area (Å²) in [6.07, 6.45) is -1.84. The van der Waals surface area contributed by atoms with Gasteiger partial charge in [0.2, 0.25) is 0 Å². The number of methoxy groups -OCH3 is 1. The molecule has 0 heterocycles. The summed E-state index contributed by atoms with van der Waals surface area (Å²) in [5, 5.41) is 19.4. The van der Waals surface area contributed by atoms with Gasteiger partial charge in [-0.05, 0) is 17.7 Å². The Hall–Kier alpha value is -0.910. The Balaban J connectivity index is 2.82. The molecule has 0 amide bonds. The Labute approximate surface area is 102 Å². The van der Waals surface area contributed by atoms with Crippen molar-refractivity contribution in [2.24, 2.45) is 0 Å². The number of alkyl halides is 1. The molecule has 2 unspecified atom stereocenters. The van der Waals surface area contributed by atoms with Crippen molar-refractivity contribution in [1.82, 2.24) is 0 Å². The van der Waals surface area contributed by atoms with E-state index in [1.54, 1.807) is 24.3 Å². The van der Waals surface area contributed by atoms with E-state index >= 15 is 0 Å². The summed E-state index contributed by atoms with van der Waals surface area (Å²) in [6, 6.07) is 6.27. The van der Waals surface area contributed by atoms with Gasteiger partial charge >= 0.3 is 5.97 Å². The van der Waals surface area contributed by atoms with Crippen LogP contribution in [-0.4, -0.2) is 34.7 Å². The molecule has 0 radical (unpaired) electrons. The number of aliphatic hydroxyl groups is 2. The maximum absolute atomic E-state index is 11.1. The van der Waals surface area contributed by atoms with Crippen LogP contribution < -0.4 is 0 Å². The summed E-state index contributed by atoms with van der Waals surface area (Å²) in [5.74, 6) is -0.429. The molecule has 0 aliphatic rings. The Morgan fingerprint density at radius 2 is 1.94 bits per heavy atom. The molecular formula is C11H13BrO4. The number of aliphatic hydroxyl groups excluding tert-OH is 2. The highest BCUT2D eigenvalue weighted by Gasteiger charge is 2.17. The minimum absolute atomic E-state index is 0.285. The van der Waals surface area contributed by atoms with Crippen molar-refractivity contribution in [3.63, 3.8) is 0 Å². The highest BCUT2D eigenvalue weighted by Crippen LogP contribution is 2.18. The van der Waals surface area contributed by atoms with Gasteiger partial charge in [-0.15, -0.1) is 0 Å². The van der Waals surface area contributed by atoms with Crippen molar-refractivity contribution < 1.29 is 19.7 Å². The van der Waals surface area contributed by atoms with Crippen LogP contribution >= 0.6 is 15.9 Å². The van der Waals surface area contributed by atoms with E-state index in [9.17, 15) is 15.0 Å². The Kier molecular flexibility index (Phi) is 4.92. The molecule has 0 fully saturated rings. The molecule has 2 atom stereocenters. The van der Waals surface area contributed by atoms with Crippen molar-refractivity contribution in [3.05, 3.63) is 35.4 Å². The van der Waals surface area contributed by atoms with Gasteiger partial charge in [0, 0.05) is 5.33 Å². The number of rotatable bonds is 4. The molecule has 88 valence electrons. The van der Waals surface area contributed by atoms with Crippen LogP contribution in [0.1, 0.15) is 22.0 Å². The number of esters is 1. The molecule has 0 aliphatic heterocycles. The van der Waals surface area contributed by atoms with E-state index in [0.717, 1.165) is 0 Å². The van der Waals surface area contributed by atoms with Crippen LogP contribution in [0, 0.1) is 0 Å². The topological polar surface area (TPSA) is 66.8 Å². The summed E-state index contributed by atoms with van der Waals surface area (Å²) in [6.45, 7) is 0. The number of carbonyl (C=O) groups excluding carboxylic acids is 1. The van der Waals surface area contributed by atoms with Crippen LogP contribution in [0.25, 0.3) is 0 Å². The lowest BCUT2D eigenvalue weighted by molar-refractivity contribution is 0.0342. The molecule has 0 bridgehead atoms. The van der Waals surface area contributed by atoms with Gasteiger partial charge in [0.1, 0.15) is 6.10 Å². The molecule has 1 rings (SSSR count). The van der Waals surface area contributed by atoms with Gasteiger partial charge in [-0.1, -0.05) is 28.1 Å². The second-order valence-corrected chi connectivity index (χ2v) is 3.93. The normalized spacial score (nSPS) is 14.2. The minimum Gasteiger partial charge on any atom is -0.465 e. The van der Waals surface area contributed by atoms with Gasteiger partial charge in [-0.25, -0.2) is 4.79 Å². The van der Waals surface area contributed by atoms with Crippen molar-refractivity contribution in [2.45, 2.75) is 12.2 Å². The molecule has 0 aromatic heterocycles. The van der Waals surface area contributed by atoms with Crippen LogP contribution in [-0.2, 0) is 4.74 Å². The number of hydrogen-bond acceptors (Lipinski definition) is 4. The van der Waals surface area contributed by atoms with Crippen molar-refractivity contribution in [2.75, 3.05) is 12.4 Å². The maximum Gasteiger partial charge on any atom is 0.337 e. The first-order valence-electron chi connectivity index (χ1n) is 4.70. The molecule has 1 aromatic carbocycles. The van der Waals surface area contributed by atoms with E-state index in [1.807, 2.05) is 0 Å². The van der Waals surface area contributed by atoms with Crippen LogP contribution in [0.5, 0.6) is 0 Å². The first-order valence-corrected chi connectivity index (χ1v) is 5.82. The quantitative estimate of drug-likeness (QED) is 0.647. The number of halogens is 1. The molecule has 0 aliphatic carbocycles. The lowest BCUT2D eigenvalue weighted by Gasteiger charge is -2.15. The summed E-state index contributed by atoms with van der Waals surface area (Å²) >= 11 is 3.08. The molecule has 0 spiro atoms. The lowest BCUT2D eigenvalue weighted by atomic mass is 10.0. The van der Waals surface area contributed by atoms with Crippen LogP contribution in [0.3, 0.4) is 0 Å². The highest BCUT2D eigenvalue weighted by molar-refractivity contribution is 9.09. The fourth-order valence-electron chi connectivity index (χ4n) is 1.24. The standard InChI is InChI=1S/C11H13BrO4/c1-16-11(15)8-4-2-7(3-5-8)10(14)9(13)6-12/h2-5,9-10,13-14H,6H2,1H3. The maximum atomic E-state index is 11.1. The van der Waals surface area contributed by atoms with E-state index in [-0.39, 0.29) is 5.33 Å². The van der Waals surface area contributed by atoms with E-state index in [2.05, 4.69) is 20.7 Å². The van der Waals surface area contributed by atoms with Crippen molar-refractivity contribution in [1.29, 1.82) is 0 Å². The number of carbonyl (C=O) groups is 1. The largest absolute Gasteiger partial charge is 0.465 e. The summed E-state index contributed by atoms with van der Waals surface area (Å²) in [7, 11) is 1.31. The van der Waals surface area contributed by atoms with Crippen LogP contribution in [0.4, 0.5) is 0 Å². The predicted molar refractivity (Wildman–Crippen MR) is 62.5 cm³/mol. The van der Waals surface area contributed by atoms with Crippen molar-refractivity contribution in [3.8, 4) is 0 Å². The fourth-order valence-corrected chi connectivity index (χ4v) is 1.59. The Bertz CT molecular complexity index is 350. The smallest absolute Gasteiger partial charge is 0.337 e. The summed E-state index contributed by atoms with van der Waals surface area (Å²) in [4.78, 5) is 11.1. The average molecular weight is 289 g/mol. The monoisotopic (exact) mass is 288 g/mol. The molecule has 0 saturated carbocycles. The molecule has 16 heavy (non-hydrogen) atoms. The SMILES string of the molecule is COC(=O)c1ccc(C(O)C(O)CBr)cc1. The average Bonchev–Trinajstić information content (AvgIpc) is 2.36. The zero-order valence-electron chi connectivity index (χ0n) is 8.76. The van der Waals surface area contributed by atoms with Crippen molar-refractivity contribution >= 4 is 21.9 Å². The molecule has 1 aromatic rings. The van der Waals surface area contributed by atoms with Gasteiger partial charge in [0.15, 0.2) is 0 Å². The zero-order chi connectivity index (χ0) is 12.1. The first-order chi connectivity index (χ1) is 7.60. The fraction of sp³-hybridized carbons (Fsp3) is 0.364. The minimum atomic E-state index is -0.967. The number of ether oxygens (including phenoxy) is 1. The molecule has 5 heteroatoms. The second-order valence-electron chi connectivity index (χ2n) is 3.28. The number of hydrogen-bond donors (Lipinski definition) is 2. The van der Waals surface area contributed by atoms with E-state index < -0.39 is 18.2 Å². The predicted octanol–water partition coefficient (Wildman–Crippen LogP) is 1.26. The van der Waals surface area contributed by atoms with Crippen LogP contribution in [0.15, 0.2) is 24.3 Å². The van der Waals surface area contributed by atoms with Gasteiger partial charge in [-0.2, -0.15) is 0 Å². The van der Waals surface area contributed by atoms with Gasteiger partial charge < -0.3 is 14.9 Å². The third-order valence-electron chi connectivity index (χ3n) is 2.20. The van der Waals surface area contributed by atoms with E-state index in [4.69, 9.17) is 0 Å². The Morgan fingerprint density at radius 1 is 1.38 bits per heavy atom. The Morgan fingerprint density at radius 3 is 2.38 bits per heavy atom. The first kappa shape index (κ1) is 13.2. The van der Waals surface area contributed by atoms with E-state index in [0.29, 0.717) is 11.1 Å². The third-order valence-corrected chi connectivity index (χ3v) is 2.86.